The van der Waals surface area contributed by atoms with E-state index in [9.17, 15) is 13.2 Å². The summed E-state index contributed by atoms with van der Waals surface area (Å²) in [5, 5.41) is 2.91. The number of hydrogen-bond acceptors (Lipinski definition) is 4. The largest absolute Gasteiger partial charge is 0.337 e. The number of urea groups is 1. The van der Waals surface area contributed by atoms with Crippen LogP contribution in [0.3, 0.4) is 0 Å². The second-order valence-electron chi connectivity index (χ2n) is 6.66. The number of sulfone groups is 1. The van der Waals surface area contributed by atoms with Crippen LogP contribution in [0.1, 0.15) is 26.7 Å². The van der Waals surface area contributed by atoms with E-state index in [4.69, 9.17) is 0 Å². The highest BCUT2D eigenvalue weighted by Crippen LogP contribution is 2.12. The summed E-state index contributed by atoms with van der Waals surface area (Å²) in [6, 6.07) is 8.47. The molecule has 2 amide bonds. The lowest BCUT2D eigenvalue weighted by Crippen LogP contribution is -2.46. The predicted octanol–water partition coefficient (Wildman–Crippen LogP) is 2.22. The lowest BCUT2D eigenvalue weighted by Gasteiger charge is -2.27. The van der Waals surface area contributed by atoms with Gasteiger partial charge < -0.3 is 15.1 Å². The van der Waals surface area contributed by atoms with E-state index >= 15 is 0 Å². The Morgan fingerprint density at radius 3 is 2.28 bits per heavy atom. The number of likely N-dealkylation sites (N-methyl/N-ethyl adjacent to an activating group) is 1. The first kappa shape index (κ1) is 21.4. The van der Waals surface area contributed by atoms with Gasteiger partial charge in [-0.05, 0) is 52.9 Å². The van der Waals surface area contributed by atoms with E-state index in [1.165, 1.54) is 0 Å². The van der Waals surface area contributed by atoms with Gasteiger partial charge in [0.05, 0.1) is 10.6 Å². The lowest BCUT2D eigenvalue weighted by atomic mass is 10.2. The zero-order valence-electron chi connectivity index (χ0n) is 15.7. The van der Waals surface area contributed by atoms with Gasteiger partial charge in [-0.2, -0.15) is 0 Å². The van der Waals surface area contributed by atoms with Gasteiger partial charge in [-0.3, -0.25) is 0 Å². The van der Waals surface area contributed by atoms with Gasteiger partial charge in [0.15, 0.2) is 9.84 Å². The van der Waals surface area contributed by atoms with Gasteiger partial charge in [0.2, 0.25) is 0 Å². The SMILES string of the molecule is CC(C)N(CCCCS(=O)(=O)c1ccccc1)C(=O)NCCN(C)C. The number of nitrogens with one attached hydrogen (secondary N) is 1. The first-order valence-corrected chi connectivity index (χ1v) is 10.4. The van der Waals surface area contributed by atoms with Crippen LogP contribution in [0, 0.1) is 0 Å². The predicted molar refractivity (Wildman–Crippen MR) is 102 cm³/mol. The molecule has 25 heavy (non-hydrogen) atoms. The Morgan fingerprint density at radius 1 is 1.08 bits per heavy atom. The molecule has 0 atom stereocenters. The Bertz CT molecular complexity index is 616. The van der Waals surface area contributed by atoms with Crippen molar-refractivity contribution in [3.63, 3.8) is 0 Å². The van der Waals surface area contributed by atoms with Crippen LogP contribution in [0.15, 0.2) is 35.2 Å². The molecule has 0 bridgehead atoms. The van der Waals surface area contributed by atoms with Crippen LogP contribution in [0.4, 0.5) is 4.79 Å². The van der Waals surface area contributed by atoms with Crippen LogP contribution in [-0.4, -0.2) is 69.8 Å². The summed E-state index contributed by atoms with van der Waals surface area (Å²) < 4.78 is 24.5. The number of carbonyl (C=O) groups is 1. The Kier molecular flexibility index (Phi) is 8.92. The smallest absolute Gasteiger partial charge is 0.317 e. The molecule has 0 saturated heterocycles. The average molecular weight is 370 g/mol. The highest BCUT2D eigenvalue weighted by atomic mass is 32.2. The fourth-order valence-electron chi connectivity index (χ4n) is 2.40. The zero-order valence-corrected chi connectivity index (χ0v) is 16.6. The van der Waals surface area contributed by atoms with Crippen LogP contribution in [0.2, 0.25) is 0 Å². The van der Waals surface area contributed by atoms with Crippen molar-refractivity contribution in [2.24, 2.45) is 0 Å². The highest BCUT2D eigenvalue weighted by Gasteiger charge is 2.17. The average Bonchev–Trinajstić information content (AvgIpc) is 2.54. The first-order chi connectivity index (χ1) is 11.7. The van der Waals surface area contributed by atoms with E-state index in [2.05, 4.69) is 5.32 Å². The molecule has 6 nitrogen and oxygen atoms in total. The minimum absolute atomic E-state index is 0.0742. The first-order valence-electron chi connectivity index (χ1n) is 8.71. The minimum Gasteiger partial charge on any atom is -0.337 e. The van der Waals surface area contributed by atoms with Crippen LogP contribution in [0.5, 0.6) is 0 Å². The molecule has 1 N–H and O–H groups in total. The number of nitrogens with zero attached hydrogens (tertiary/aromatic N) is 2. The number of unbranched alkanes of at least 4 members (excludes halogenated alkanes) is 1. The molecule has 0 saturated carbocycles. The molecule has 7 heteroatoms. The Balaban J connectivity index is 2.44. The number of carbonyl (C=O) groups excluding carboxylic acids is 1. The summed E-state index contributed by atoms with van der Waals surface area (Å²) in [7, 11) is 0.669. The Hall–Kier alpha value is -1.60. The molecule has 0 heterocycles. The van der Waals surface area contributed by atoms with Gasteiger partial charge >= 0.3 is 6.03 Å². The molecular weight excluding hydrogens is 338 g/mol. The maximum atomic E-state index is 12.3. The second-order valence-corrected chi connectivity index (χ2v) is 8.77. The molecule has 1 aromatic rings. The molecule has 0 unspecified atom stereocenters. The summed E-state index contributed by atoms with van der Waals surface area (Å²) in [4.78, 5) is 16.4. The third-order valence-electron chi connectivity index (χ3n) is 3.88. The summed E-state index contributed by atoms with van der Waals surface area (Å²) in [5.41, 5.74) is 0. The van der Waals surface area contributed by atoms with Crippen LogP contribution >= 0.6 is 0 Å². The van der Waals surface area contributed by atoms with E-state index in [1.54, 1.807) is 35.2 Å². The quantitative estimate of drug-likeness (QED) is 0.642. The van der Waals surface area contributed by atoms with Gasteiger partial charge in [-0.15, -0.1) is 0 Å². The zero-order chi connectivity index (χ0) is 18.9. The normalized spacial score (nSPS) is 11.8. The molecule has 0 radical (unpaired) electrons. The highest BCUT2D eigenvalue weighted by molar-refractivity contribution is 7.91. The molecule has 1 rings (SSSR count). The summed E-state index contributed by atoms with van der Waals surface area (Å²) >= 11 is 0. The van der Waals surface area contributed by atoms with Crippen molar-refractivity contribution in [1.29, 1.82) is 0 Å². The standard InChI is InChI=1S/C18H31N3O3S/c1-16(2)21(18(22)19-12-14-20(3)4)13-8-9-15-25(23,24)17-10-6-5-7-11-17/h5-7,10-11,16H,8-9,12-15H2,1-4H3,(H,19,22). The van der Waals surface area contributed by atoms with Crippen molar-refractivity contribution in [3.8, 4) is 0 Å². The van der Waals surface area contributed by atoms with Gasteiger partial charge in [-0.25, -0.2) is 13.2 Å². The third kappa shape index (κ3) is 7.88. The van der Waals surface area contributed by atoms with Crippen LogP contribution in [0.25, 0.3) is 0 Å². The van der Waals surface area contributed by atoms with E-state index in [-0.39, 0.29) is 17.8 Å². The second kappa shape index (κ2) is 10.4. The minimum atomic E-state index is -3.25. The number of amides is 2. The molecule has 0 spiro atoms. The van der Waals surface area contributed by atoms with Crippen LogP contribution < -0.4 is 5.32 Å². The topological polar surface area (TPSA) is 69.7 Å². The van der Waals surface area contributed by atoms with Crippen molar-refractivity contribution in [2.45, 2.75) is 37.6 Å². The molecule has 0 fully saturated rings. The lowest BCUT2D eigenvalue weighted by molar-refractivity contribution is 0.181. The Morgan fingerprint density at radius 2 is 1.72 bits per heavy atom. The van der Waals surface area contributed by atoms with Gasteiger partial charge in [-0.1, -0.05) is 18.2 Å². The van der Waals surface area contributed by atoms with Crippen molar-refractivity contribution < 1.29 is 13.2 Å². The van der Waals surface area contributed by atoms with E-state index in [0.717, 1.165) is 6.54 Å². The van der Waals surface area contributed by atoms with Gasteiger partial charge in [0.25, 0.3) is 0 Å². The molecular formula is C18H31N3O3S. The molecule has 0 aliphatic heterocycles. The number of benzene rings is 1. The maximum Gasteiger partial charge on any atom is 0.317 e. The molecule has 0 aliphatic rings. The summed E-state index contributed by atoms with van der Waals surface area (Å²) in [5.74, 6) is 0.102. The fourth-order valence-corrected chi connectivity index (χ4v) is 3.79. The van der Waals surface area contributed by atoms with E-state index in [0.29, 0.717) is 30.8 Å². The molecule has 142 valence electrons. The Labute approximate surface area is 152 Å². The number of rotatable bonds is 10. The van der Waals surface area contributed by atoms with Gasteiger partial charge in [0, 0.05) is 25.7 Å². The van der Waals surface area contributed by atoms with E-state index < -0.39 is 9.84 Å². The van der Waals surface area contributed by atoms with Crippen molar-refractivity contribution in [2.75, 3.05) is 39.5 Å². The summed E-state index contributed by atoms with van der Waals surface area (Å²) in [6.07, 6.45) is 1.19. The maximum absolute atomic E-state index is 12.3. The van der Waals surface area contributed by atoms with Crippen LogP contribution in [-0.2, 0) is 9.84 Å². The third-order valence-corrected chi connectivity index (χ3v) is 5.70. The van der Waals surface area contributed by atoms with Gasteiger partial charge in [0.1, 0.15) is 0 Å². The van der Waals surface area contributed by atoms with Crippen molar-refractivity contribution in [3.05, 3.63) is 30.3 Å². The molecule has 1 aromatic carbocycles. The van der Waals surface area contributed by atoms with Crippen molar-refractivity contribution >= 4 is 15.9 Å². The molecule has 0 aliphatic carbocycles. The summed E-state index contributed by atoms with van der Waals surface area (Å²) in [6.45, 7) is 5.86. The molecule has 0 aromatic heterocycles. The van der Waals surface area contributed by atoms with E-state index in [1.807, 2.05) is 32.8 Å². The monoisotopic (exact) mass is 369 g/mol. The van der Waals surface area contributed by atoms with Crippen molar-refractivity contribution in [1.82, 2.24) is 15.1 Å². The fraction of sp³-hybridized carbons (Fsp3) is 0.611. The number of hydrogen-bond donors (Lipinski definition) is 1.